The van der Waals surface area contributed by atoms with Crippen LogP contribution in [0.2, 0.25) is 5.02 Å². The van der Waals surface area contributed by atoms with Gasteiger partial charge in [0, 0.05) is 10.7 Å². The number of benzene rings is 3. The van der Waals surface area contributed by atoms with Crippen molar-refractivity contribution in [1.82, 2.24) is 0 Å². The minimum atomic E-state index is -0.790. The van der Waals surface area contributed by atoms with Gasteiger partial charge in [0.25, 0.3) is 0 Å². The number of halogens is 1. The summed E-state index contributed by atoms with van der Waals surface area (Å²) in [6.45, 7) is 10.6. The van der Waals surface area contributed by atoms with Crippen molar-refractivity contribution in [2.45, 2.75) is 45.4 Å². The molecule has 0 aromatic heterocycles. The van der Waals surface area contributed by atoms with Gasteiger partial charge < -0.3 is 0 Å². The molecule has 3 aromatic rings. The molecule has 4 rings (SSSR count). The molecule has 1 unspecified atom stereocenters. The number of rotatable bonds is 2. The fourth-order valence-corrected chi connectivity index (χ4v) is 4.26. The van der Waals surface area contributed by atoms with E-state index in [4.69, 9.17) is 11.6 Å². The Kier molecular flexibility index (Phi) is 4.59. The second kappa shape index (κ2) is 6.74. The topological polar surface area (TPSA) is 20.3 Å². The molecule has 0 saturated carbocycles. The zero-order valence-corrected chi connectivity index (χ0v) is 18.3. The maximum absolute atomic E-state index is 13.8. The van der Waals surface area contributed by atoms with Crippen molar-refractivity contribution in [3.05, 3.63) is 94.0 Å². The van der Waals surface area contributed by atoms with Gasteiger partial charge in [0.2, 0.25) is 5.91 Å². The van der Waals surface area contributed by atoms with Crippen molar-refractivity contribution in [1.29, 1.82) is 0 Å². The van der Waals surface area contributed by atoms with Crippen LogP contribution in [0.5, 0.6) is 0 Å². The molecule has 1 aliphatic heterocycles. The maximum Gasteiger partial charge on any atom is 0.246 e. The van der Waals surface area contributed by atoms with Crippen molar-refractivity contribution in [2.24, 2.45) is 0 Å². The Morgan fingerprint density at radius 2 is 1.52 bits per heavy atom. The Labute approximate surface area is 178 Å². The molecule has 0 radical (unpaired) electrons. The van der Waals surface area contributed by atoms with E-state index in [1.165, 1.54) is 5.56 Å². The van der Waals surface area contributed by atoms with E-state index < -0.39 is 5.41 Å². The summed E-state index contributed by atoms with van der Waals surface area (Å²) >= 11 is 6.36. The Bertz CT molecular complexity index is 1080. The lowest BCUT2D eigenvalue weighted by atomic mass is 9.76. The molecular weight excluding hydrogens is 378 g/mol. The Morgan fingerprint density at radius 1 is 0.897 bits per heavy atom. The first-order valence-electron chi connectivity index (χ1n) is 9.94. The molecule has 0 fully saturated rings. The maximum atomic E-state index is 13.8. The fraction of sp³-hybridized carbons (Fsp3) is 0.269. The molecule has 0 spiro atoms. The number of carbonyl (C=O) groups excluding carboxylic acids is 1. The van der Waals surface area contributed by atoms with E-state index in [0.717, 1.165) is 28.1 Å². The summed E-state index contributed by atoms with van der Waals surface area (Å²) in [6, 6.07) is 22.2. The zero-order valence-electron chi connectivity index (χ0n) is 17.6. The smallest absolute Gasteiger partial charge is 0.246 e. The Morgan fingerprint density at radius 3 is 2.10 bits per heavy atom. The molecule has 1 atom stereocenters. The Balaban J connectivity index is 1.89. The molecule has 2 nitrogen and oxygen atoms in total. The van der Waals surface area contributed by atoms with Gasteiger partial charge in [-0.05, 0) is 66.3 Å². The van der Waals surface area contributed by atoms with Crippen LogP contribution in [0, 0.1) is 6.92 Å². The lowest BCUT2D eigenvalue weighted by molar-refractivity contribution is -0.120. The summed E-state index contributed by atoms with van der Waals surface area (Å²) in [5.41, 5.74) is 5.38. The third kappa shape index (κ3) is 3.16. The molecule has 0 saturated heterocycles. The predicted molar refractivity (Wildman–Crippen MR) is 121 cm³/mol. The number of aryl methyl sites for hydroxylation is 1. The molecule has 29 heavy (non-hydrogen) atoms. The SMILES string of the molecule is Cc1ccc(N2C(=O)C(C)(c3ccc(C(C)(C)C)cc3)c3cc(Cl)ccc32)cc1. The first kappa shape index (κ1) is 19.7. The minimum absolute atomic E-state index is 0.0436. The molecule has 148 valence electrons. The molecular formula is C26H26ClNO. The molecule has 1 heterocycles. The third-order valence-corrected chi connectivity index (χ3v) is 6.22. The van der Waals surface area contributed by atoms with E-state index in [2.05, 4.69) is 45.0 Å². The number of hydrogen-bond acceptors (Lipinski definition) is 1. The van der Waals surface area contributed by atoms with E-state index >= 15 is 0 Å². The highest BCUT2D eigenvalue weighted by molar-refractivity contribution is 6.31. The normalized spacial score (nSPS) is 18.8. The largest absolute Gasteiger partial charge is 0.280 e. The van der Waals surface area contributed by atoms with E-state index in [9.17, 15) is 4.79 Å². The van der Waals surface area contributed by atoms with Crippen LogP contribution in [0.4, 0.5) is 11.4 Å². The first-order chi connectivity index (χ1) is 13.6. The lowest BCUT2D eigenvalue weighted by Gasteiger charge is -2.27. The van der Waals surface area contributed by atoms with E-state index in [-0.39, 0.29) is 11.3 Å². The van der Waals surface area contributed by atoms with Crippen LogP contribution >= 0.6 is 11.6 Å². The molecule has 3 heteroatoms. The number of anilines is 2. The monoisotopic (exact) mass is 403 g/mol. The van der Waals surface area contributed by atoms with Crippen LogP contribution in [0.1, 0.15) is 49.9 Å². The summed E-state index contributed by atoms with van der Waals surface area (Å²) in [4.78, 5) is 15.7. The van der Waals surface area contributed by atoms with Crippen molar-refractivity contribution in [3.63, 3.8) is 0 Å². The lowest BCUT2D eigenvalue weighted by Crippen LogP contribution is -2.36. The third-order valence-electron chi connectivity index (χ3n) is 5.99. The standard InChI is InChI=1S/C26H26ClNO/c1-17-6-13-21(14-7-17)28-23-15-12-20(27)16-22(23)26(5,24(28)29)19-10-8-18(9-11-19)25(2,3)4/h6-16H,1-5H3. The van der Waals surface area contributed by atoms with Gasteiger partial charge in [0.1, 0.15) is 0 Å². The number of hydrogen-bond donors (Lipinski definition) is 0. The summed E-state index contributed by atoms with van der Waals surface area (Å²) in [5, 5.41) is 0.639. The van der Waals surface area contributed by atoms with Crippen LogP contribution in [0.3, 0.4) is 0 Å². The molecule has 0 bridgehead atoms. The summed E-state index contributed by atoms with van der Waals surface area (Å²) in [7, 11) is 0. The van der Waals surface area contributed by atoms with Crippen LogP contribution in [-0.2, 0) is 15.6 Å². The molecule has 3 aromatic carbocycles. The Hall–Kier alpha value is -2.58. The van der Waals surface area contributed by atoms with Gasteiger partial charge in [0.15, 0.2) is 0 Å². The molecule has 1 aliphatic rings. The zero-order chi connectivity index (χ0) is 21.0. The fourth-order valence-electron chi connectivity index (χ4n) is 4.08. The number of nitrogens with zero attached hydrogens (tertiary/aromatic N) is 1. The van der Waals surface area contributed by atoms with Gasteiger partial charge >= 0.3 is 0 Å². The van der Waals surface area contributed by atoms with Gasteiger partial charge in [-0.25, -0.2) is 0 Å². The van der Waals surface area contributed by atoms with Gasteiger partial charge in [-0.1, -0.05) is 74.3 Å². The second-order valence-electron chi connectivity index (χ2n) is 9.09. The summed E-state index contributed by atoms with van der Waals surface area (Å²) in [6.07, 6.45) is 0. The second-order valence-corrected chi connectivity index (χ2v) is 9.53. The quantitative estimate of drug-likeness (QED) is 0.454. The van der Waals surface area contributed by atoms with Gasteiger partial charge in [-0.2, -0.15) is 0 Å². The van der Waals surface area contributed by atoms with E-state index in [1.54, 1.807) is 0 Å². The predicted octanol–water partition coefficient (Wildman–Crippen LogP) is 6.93. The van der Waals surface area contributed by atoms with E-state index in [1.807, 2.05) is 61.2 Å². The van der Waals surface area contributed by atoms with Crippen molar-refractivity contribution in [3.8, 4) is 0 Å². The highest BCUT2D eigenvalue weighted by atomic mass is 35.5. The van der Waals surface area contributed by atoms with Crippen molar-refractivity contribution >= 4 is 28.9 Å². The van der Waals surface area contributed by atoms with Gasteiger partial charge in [0.05, 0.1) is 11.1 Å². The number of amides is 1. The van der Waals surface area contributed by atoms with Crippen LogP contribution in [0.25, 0.3) is 0 Å². The van der Waals surface area contributed by atoms with Gasteiger partial charge in [-0.15, -0.1) is 0 Å². The average molecular weight is 404 g/mol. The number of carbonyl (C=O) groups is 1. The van der Waals surface area contributed by atoms with Crippen molar-refractivity contribution < 1.29 is 4.79 Å². The molecule has 1 amide bonds. The van der Waals surface area contributed by atoms with Crippen molar-refractivity contribution in [2.75, 3.05) is 4.90 Å². The number of fused-ring (bicyclic) bond motifs is 1. The summed E-state index contributed by atoms with van der Waals surface area (Å²) in [5.74, 6) is 0.0436. The van der Waals surface area contributed by atoms with Crippen LogP contribution in [-0.4, -0.2) is 5.91 Å². The first-order valence-corrected chi connectivity index (χ1v) is 10.3. The molecule has 0 aliphatic carbocycles. The molecule has 0 N–H and O–H groups in total. The van der Waals surface area contributed by atoms with Crippen LogP contribution < -0.4 is 4.90 Å². The highest BCUT2D eigenvalue weighted by Crippen LogP contribution is 2.49. The average Bonchev–Trinajstić information content (AvgIpc) is 2.90. The highest BCUT2D eigenvalue weighted by Gasteiger charge is 2.49. The van der Waals surface area contributed by atoms with E-state index in [0.29, 0.717) is 5.02 Å². The van der Waals surface area contributed by atoms with Gasteiger partial charge in [-0.3, -0.25) is 9.69 Å². The minimum Gasteiger partial charge on any atom is -0.280 e. The summed E-state index contributed by atoms with van der Waals surface area (Å²) < 4.78 is 0. The van der Waals surface area contributed by atoms with Crippen LogP contribution in [0.15, 0.2) is 66.7 Å².